The van der Waals surface area contributed by atoms with E-state index < -0.39 is 0 Å². The summed E-state index contributed by atoms with van der Waals surface area (Å²) in [5, 5.41) is 3.08. The molecule has 2 fully saturated rings. The molecule has 0 radical (unpaired) electrons. The lowest BCUT2D eigenvalue weighted by atomic mass is 10.2. The van der Waals surface area contributed by atoms with Crippen molar-refractivity contribution in [1.82, 2.24) is 20.0 Å². The molecule has 3 rings (SSSR count). The van der Waals surface area contributed by atoms with E-state index in [0.29, 0.717) is 12.6 Å². The highest BCUT2D eigenvalue weighted by molar-refractivity contribution is 5.74. The lowest BCUT2D eigenvalue weighted by molar-refractivity contribution is 0.135. The van der Waals surface area contributed by atoms with Gasteiger partial charge in [0.05, 0.1) is 0 Å². The molecule has 1 aromatic carbocycles. The summed E-state index contributed by atoms with van der Waals surface area (Å²) in [4.78, 5) is 19.5. The molecule has 1 heterocycles. The smallest absolute Gasteiger partial charge is 0.317 e. The van der Waals surface area contributed by atoms with Gasteiger partial charge in [0.2, 0.25) is 0 Å². The molecule has 1 saturated carbocycles. The van der Waals surface area contributed by atoms with Gasteiger partial charge in [-0.05, 0) is 56.5 Å². The number of halogens is 1. The molecule has 27 heavy (non-hydrogen) atoms. The quantitative estimate of drug-likeness (QED) is 0.674. The fraction of sp³-hybridized carbons (Fsp3) is 0.667. The monoisotopic (exact) mass is 376 g/mol. The van der Waals surface area contributed by atoms with Crippen molar-refractivity contribution in [2.24, 2.45) is 0 Å². The number of nitrogens with zero attached hydrogens (tertiary/aromatic N) is 3. The molecule has 1 aliphatic carbocycles. The van der Waals surface area contributed by atoms with E-state index in [4.69, 9.17) is 0 Å². The minimum absolute atomic E-state index is 0.0124. The van der Waals surface area contributed by atoms with E-state index in [1.165, 1.54) is 25.2 Å². The van der Waals surface area contributed by atoms with Crippen LogP contribution in [0.1, 0.15) is 38.2 Å². The van der Waals surface area contributed by atoms with E-state index in [1.54, 1.807) is 12.1 Å². The third kappa shape index (κ3) is 6.47. The van der Waals surface area contributed by atoms with Crippen molar-refractivity contribution < 1.29 is 9.18 Å². The Balaban J connectivity index is 1.33. The fourth-order valence-corrected chi connectivity index (χ4v) is 3.63. The highest BCUT2D eigenvalue weighted by Gasteiger charge is 2.32. The van der Waals surface area contributed by atoms with E-state index in [-0.39, 0.29) is 11.8 Å². The highest BCUT2D eigenvalue weighted by Crippen LogP contribution is 2.28. The van der Waals surface area contributed by atoms with Crippen molar-refractivity contribution in [2.45, 2.75) is 45.2 Å². The number of rotatable bonds is 9. The molecule has 0 unspecified atom stereocenters. The predicted molar refractivity (Wildman–Crippen MR) is 106 cm³/mol. The van der Waals surface area contributed by atoms with Gasteiger partial charge in [-0.1, -0.05) is 19.1 Å². The number of carbonyl (C=O) groups is 1. The van der Waals surface area contributed by atoms with Crippen LogP contribution >= 0.6 is 0 Å². The molecule has 2 aliphatic rings. The number of nitrogens with one attached hydrogen (secondary N) is 1. The van der Waals surface area contributed by atoms with E-state index in [1.807, 2.05) is 4.90 Å². The molecule has 0 atom stereocenters. The predicted octanol–water partition coefficient (Wildman–Crippen LogP) is 2.92. The summed E-state index contributed by atoms with van der Waals surface area (Å²) in [6.07, 6.45) is 4.26. The summed E-state index contributed by atoms with van der Waals surface area (Å²) in [5.74, 6) is -0.239. The first-order valence-corrected chi connectivity index (χ1v) is 10.4. The molecule has 150 valence electrons. The Morgan fingerprint density at radius 3 is 2.41 bits per heavy atom. The van der Waals surface area contributed by atoms with Gasteiger partial charge >= 0.3 is 6.03 Å². The first-order chi connectivity index (χ1) is 13.2. The topological polar surface area (TPSA) is 38.8 Å². The van der Waals surface area contributed by atoms with Gasteiger partial charge < -0.3 is 20.0 Å². The van der Waals surface area contributed by atoms with Gasteiger partial charge in [0.15, 0.2) is 0 Å². The number of benzene rings is 1. The number of amides is 2. The number of hydrogen-bond acceptors (Lipinski definition) is 3. The molecule has 1 aliphatic heterocycles. The molecule has 1 saturated heterocycles. The minimum atomic E-state index is -0.239. The number of urea groups is 1. The number of unbranched alkanes of at least 4 members (excludes halogenated alkanes) is 1. The van der Waals surface area contributed by atoms with Gasteiger partial charge in [-0.25, -0.2) is 9.18 Å². The summed E-state index contributed by atoms with van der Waals surface area (Å²) in [7, 11) is 0. The van der Waals surface area contributed by atoms with Crippen molar-refractivity contribution >= 4 is 6.03 Å². The van der Waals surface area contributed by atoms with E-state index >= 15 is 0 Å². The zero-order valence-corrected chi connectivity index (χ0v) is 16.5. The van der Waals surface area contributed by atoms with Gasteiger partial charge in [-0.3, -0.25) is 0 Å². The summed E-state index contributed by atoms with van der Waals surface area (Å²) in [5.41, 5.74) is 0.977. The van der Waals surface area contributed by atoms with Gasteiger partial charge in [-0.2, -0.15) is 0 Å². The SMILES string of the molecule is CCN1CCN(CCCCNC(=O)N(Cc2ccc(F)cc2)C2CC2)CC1. The largest absolute Gasteiger partial charge is 0.338 e. The van der Waals surface area contributed by atoms with Crippen LogP contribution < -0.4 is 5.32 Å². The van der Waals surface area contributed by atoms with Crippen LogP contribution in [0.4, 0.5) is 9.18 Å². The number of likely N-dealkylation sites (N-methyl/N-ethyl adjacent to an activating group) is 1. The van der Waals surface area contributed by atoms with Crippen molar-refractivity contribution in [3.8, 4) is 0 Å². The van der Waals surface area contributed by atoms with Crippen LogP contribution in [0, 0.1) is 5.82 Å². The lowest BCUT2D eigenvalue weighted by Crippen LogP contribution is -2.46. The van der Waals surface area contributed by atoms with E-state index in [9.17, 15) is 9.18 Å². The zero-order chi connectivity index (χ0) is 19.1. The first-order valence-electron chi connectivity index (χ1n) is 10.4. The van der Waals surface area contributed by atoms with Crippen LogP contribution in [-0.2, 0) is 6.54 Å². The van der Waals surface area contributed by atoms with Crippen molar-refractivity contribution in [3.63, 3.8) is 0 Å². The molecule has 5 nitrogen and oxygen atoms in total. The molecule has 0 bridgehead atoms. The Morgan fingerprint density at radius 2 is 1.78 bits per heavy atom. The Morgan fingerprint density at radius 1 is 1.11 bits per heavy atom. The third-order valence-corrected chi connectivity index (χ3v) is 5.60. The zero-order valence-electron chi connectivity index (χ0n) is 16.5. The maximum Gasteiger partial charge on any atom is 0.317 e. The normalized spacial score (nSPS) is 18.4. The molecule has 2 amide bonds. The second-order valence-corrected chi connectivity index (χ2v) is 7.70. The van der Waals surface area contributed by atoms with Crippen LogP contribution in [0.3, 0.4) is 0 Å². The summed E-state index contributed by atoms with van der Waals surface area (Å²) < 4.78 is 13.1. The minimum Gasteiger partial charge on any atom is -0.338 e. The number of piperazine rings is 1. The molecular formula is C21H33FN4O. The molecule has 1 aromatic rings. The van der Waals surface area contributed by atoms with E-state index in [0.717, 1.165) is 64.0 Å². The Hall–Kier alpha value is -1.66. The Bertz CT molecular complexity index is 582. The molecule has 1 N–H and O–H groups in total. The average molecular weight is 377 g/mol. The van der Waals surface area contributed by atoms with Crippen LogP contribution in [0.2, 0.25) is 0 Å². The Kier molecular flexibility index (Phi) is 7.47. The van der Waals surface area contributed by atoms with Crippen LogP contribution in [0.5, 0.6) is 0 Å². The standard InChI is InChI=1S/C21H33FN4O/c1-2-24-13-15-25(16-14-24)12-4-3-11-23-21(27)26(20-9-10-20)17-18-5-7-19(22)8-6-18/h5-8,20H,2-4,9-17H2,1H3,(H,23,27). The lowest BCUT2D eigenvalue weighted by Gasteiger charge is -2.34. The van der Waals surface area contributed by atoms with Gasteiger partial charge in [0, 0.05) is 45.3 Å². The molecule has 0 spiro atoms. The maximum absolute atomic E-state index is 13.1. The average Bonchev–Trinajstić information content (AvgIpc) is 3.52. The van der Waals surface area contributed by atoms with Gasteiger partial charge in [0.25, 0.3) is 0 Å². The second-order valence-electron chi connectivity index (χ2n) is 7.70. The van der Waals surface area contributed by atoms with Gasteiger partial charge in [-0.15, -0.1) is 0 Å². The molecule has 0 aromatic heterocycles. The fourth-order valence-electron chi connectivity index (χ4n) is 3.63. The van der Waals surface area contributed by atoms with Crippen LogP contribution in [0.25, 0.3) is 0 Å². The van der Waals surface area contributed by atoms with Crippen molar-refractivity contribution in [3.05, 3.63) is 35.6 Å². The Labute approximate surface area is 162 Å². The van der Waals surface area contributed by atoms with Crippen molar-refractivity contribution in [2.75, 3.05) is 45.8 Å². The number of hydrogen-bond donors (Lipinski definition) is 1. The first kappa shape index (κ1) is 20.1. The summed E-state index contributed by atoms with van der Waals surface area (Å²) >= 11 is 0. The summed E-state index contributed by atoms with van der Waals surface area (Å²) in [6, 6.07) is 6.78. The summed E-state index contributed by atoms with van der Waals surface area (Å²) in [6.45, 7) is 10.4. The molecule has 6 heteroatoms. The molecular weight excluding hydrogens is 343 g/mol. The highest BCUT2D eigenvalue weighted by atomic mass is 19.1. The van der Waals surface area contributed by atoms with Gasteiger partial charge in [0.1, 0.15) is 5.82 Å². The number of carbonyl (C=O) groups excluding carboxylic acids is 1. The van der Waals surface area contributed by atoms with Crippen molar-refractivity contribution in [1.29, 1.82) is 0 Å². The third-order valence-electron chi connectivity index (χ3n) is 5.60. The van der Waals surface area contributed by atoms with Crippen LogP contribution in [0.15, 0.2) is 24.3 Å². The maximum atomic E-state index is 13.1. The van der Waals surface area contributed by atoms with Crippen LogP contribution in [-0.4, -0.2) is 72.6 Å². The van der Waals surface area contributed by atoms with E-state index in [2.05, 4.69) is 22.0 Å². The second kappa shape index (κ2) is 10.0.